The van der Waals surface area contributed by atoms with Crippen LogP contribution in [0.3, 0.4) is 0 Å². The maximum Gasteiger partial charge on any atom is 0.0599 e. The SMILES string of the molecule is C#CCN(C)Cc1ccc(CN)cc1Br. The molecule has 0 aliphatic carbocycles. The monoisotopic (exact) mass is 266 g/mol. The molecule has 15 heavy (non-hydrogen) atoms. The lowest BCUT2D eigenvalue weighted by Gasteiger charge is -2.14. The molecule has 1 rings (SSSR count). The third kappa shape index (κ3) is 3.67. The van der Waals surface area contributed by atoms with Gasteiger partial charge in [0.2, 0.25) is 0 Å². The first-order valence-corrected chi connectivity index (χ1v) is 5.56. The van der Waals surface area contributed by atoms with E-state index in [-0.39, 0.29) is 0 Å². The lowest BCUT2D eigenvalue weighted by atomic mass is 10.1. The van der Waals surface area contributed by atoms with Crippen molar-refractivity contribution in [1.82, 2.24) is 4.90 Å². The van der Waals surface area contributed by atoms with Crippen LogP contribution in [0.15, 0.2) is 22.7 Å². The zero-order valence-corrected chi connectivity index (χ0v) is 10.4. The van der Waals surface area contributed by atoms with E-state index in [9.17, 15) is 0 Å². The minimum absolute atomic E-state index is 0.569. The maximum atomic E-state index is 5.56. The van der Waals surface area contributed by atoms with E-state index in [4.69, 9.17) is 12.2 Å². The van der Waals surface area contributed by atoms with Crippen molar-refractivity contribution < 1.29 is 0 Å². The summed E-state index contributed by atoms with van der Waals surface area (Å²) in [5.41, 5.74) is 7.92. The molecule has 80 valence electrons. The molecule has 0 saturated heterocycles. The molecular weight excluding hydrogens is 252 g/mol. The van der Waals surface area contributed by atoms with Gasteiger partial charge in [0.05, 0.1) is 6.54 Å². The van der Waals surface area contributed by atoms with Crippen LogP contribution in [-0.4, -0.2) is 18.5 Å². The fraction of sp³-hybridized carbons (Fsp3) is 0.333. The Labute approximate surface area is 99.6 Å². The van der Waals surface area contributed by atoms with Crippen molar-refractivity contribution in [2.45, 2.75) is 13.1 Å². The number of hydrogen-bond acceptors (Lipinski definition) is 2. The van der Waals surface area contributed by atoms with Crippen LogP contribution in [0.25, 0.3) is 0 Å². The quantitative estimate of drug-likeness (QED) is 0.845. The second kappa shape index (κ2) is 5.92. The van der Waals surface area contributed by atoms with Crippen LogP contribution in [0.2, 0.25) is 0 Å². The highest BCUT2D eigenvalue weighted by Crippen LogP contribution is 2.19. The Hall–Kier alpha value is -0.820. The molecule has 0 spiro atoms. The number of halogens is 1. The summed E-state index contributed by atoms with van der Waals surface area (Å²) in [6, 6.07) is 6.18. The van der Waals surface area contributed by atoms with E-state index in [0.29, 0.717) is 13.1 Å². The molecule has 0 bridgehead atoms. The average molecular weight is 267 g/mol. The smallest absolute Gasteiger partial charge is 0.0599 e. The zero-order valence-electron chi connectivity index (χ0n) is 8.83. The van der Waals surface area contributed by atoms with Crippen LogP contribution in [0.5, 0.6) is 0 Å². The summed E-state index contributed by atoms with van der Waals surface area (Å²) in [5.74, 6) is 2.62. The summed E-state index contributed by atoms with van der Waals surface area (Å²) in [7, 11) is 2.00. The molecule has 1 aromatic rings. The third-order valence-electron chi connectivity index (χ3n) is 2.15. The normalized spacial score (nSPS) is 10.3. The van der Waals surface area contributed by atoms with Crippen LogP contribution in [0.4, 0.5) is 0 Å². The fourth-order valence-corrected chi connectivity index (χ4v) is 1.90. The summed E-state index contributed by atoms with van der Waals surface area (Å²) >= 11 is 3.53. The molecule has 0 aliphatic heterocycles. The fourth-order valence-electron chi connectivity index (χ4n) is 1.35. The van der Waals surface area contributed by atoms with Crippen LogP contribution >= 0.6 is 15.9 Å². The predicted octanol–water partition coefficient (Wildman–Crippen LogP) is 1.97. The Morgan fingerprint density at radius 1 is 1.53 bits per heavy atom. The van der Waals surface area contributed by atoms with Gasteiger partial charge in [-0.05, 0) is 24.2 Å². The highest BCUT2D eigenvalue weighted by molar-refractivity contribution is 9.10. The molecule has 0 atom stereocenters. The van der Waals surface area contributed by atoms with Gasteiger partial charge in [0.15, 0.2) is 0 Å². The lowest BCUT2D eigenvalue weighted by Crippen LogP contribution is -2.18. The largest absolute Gasteiger partial charge is 0.326 e. The number of benzene rings is 1. The van der Waals surface area contributed by atoms with E-state index in [1.165, 1.54) is 5.56 Å². The van der Waals surface area contributed by atoms with Gasteiger partial charge in [0.1, 0.15) is 0 Å². The molecule has 0 saturated carbocycles. The van der Waals surface area contributed by atoms with Gasteiger partial charge in [-0.2, -0.15) is 0 Å². The molecule has 0 radical (unpaired) electrons. The van der Waals surface area contributed by atoms with E-state index in [1.54, 1.807) is 0 Å². The molecule has 2 nitrogen and oxygen atoms in total. The van der Waals surface area contributed by atoms with Crippen molar-refractivity contribution in [3.63, 3.8) is 0 Å². The standard InChI is InChI=1S/C12H15BrN2/c1-3-6-15(2)9-11-5-4-10(8-14)7-12(11)13/h1,4-5,7H,6,8-9,14H2,2H3. The molecule has 1 aromatic carbocycles. The zero-order chi connectivity index (χ0) is 11.3. The first-order valence-electron chi connectivity index (χ1n) is 4.76. The van der Waals surface area contributed by atoms with E-state index in [1.807, 2.05) is 13.1 Å². The maximum absolute atomic E-state index is 5.56. The first kappa shape index (κ1) is 12.3. The average Bonchev–Trinajstić information content (AvgIpc) is 2.21. The molecule has 0 amide bonds. The number of nitrogens with two attached hydrogens (primary N) is 1. The van der Waals surface area contributed by atoms with E-state index < -0.39 is 0 Å². The molecular formula is C12H15BrN2. The van der Waals surface area contributed by atoms with Gasteiger partial charge in [-0.25, -0.2) is 0 Å². The van der Waals surface area contributed by atoms with Crippen molar-refractivity contribution in [2.24, 2.45) is 5.73 Å². The van der Waals surface area contributed by atoms with Crippen LogP contribution in [-0.2, 0) is 13.1 Å². The summed E-state index contributed by atoms with van der Waals surface area (Å²) in [4.78, 5) is 2.09. The summed E-state index contributed by atoms with van der Waals surface area (Å²) in [6.45, 7) is 2.07. The van der Waals surface area contributed by atoms with E-state index >= 15 is 0 Å². The first-order chi connectivity index (χ1) is 7.17. The van der Waals surface area contributed by atoms with Gasteiger partial charge in [-0.1, -0.05) is 34.0 Å². The van der Waals surface area contributed by atoms with Crippen molar-refractivity contribution in [2.75, 3.05) is 13.6 Å². The van der Waals surface area contributed by atoms with Crippen molar-refractivity contribution in [3.05, 3.63) is 33.8 Å². The predicted molar refractivity (Wildman–Crippen MR) is 67.2 cm³/mol. The molecule has 0 fully saturated rings. The number of rotatable bonds is 4. The molecule has 3 heteroatoms. The molecule has 0 aliphatic rings. The second-order valence-electron chi connectivity index (χ2n) is 3.51. The van der Waals surface area contributed by atoms with Crippen LogP contribution in [0.1, 0.15) is 11.1 Å². The Kier molecular flexibility index (Phi) is 4.83. The van der Waals surface area contributed by atoms with Gasteiger partial charge in [0.25, 0.3) is 0 Å². The molecule has 0 unspecified atom stereocenters. The molecule has 2 N–H and O–H groups in total. The van der Waals surface area contributed by atoms with Crippen LogP contribution in [0, 0.1) is 12.3 Å². The van der Waals surface area contributed by atoms with E-state index in [2.05, 4.69) is 38.9 Å². The van der Waals surface area contributed by atoms with Crippen molar-refractivity contribution >= 4 is 15.9 Å². The highest BCUT2D eigenvalue weighted by Gasteiger charge is 2.03. The summed E-state index contributed by atoms with van der Waals surface area (Å²) in [5, 5.41) is 0. The third-order valence-corrected chi connectivity index (χ3v) is 2.89. The van der Waals surface area contributed by atoms with Gasteiger partial charge in [-0.3, -0.25) is 4.90 Å². The number of nitrogens with zero attached hydrogens (tertiary/aromatic N) is 1. The van der Waals surface area contributed by atoms with Crippen LogP contribution < -0.4 is 5.73 Å². The summed E-state index contributed by atoms with van der Waals surface area (Å²) in [6.07, 6.45) is 5.25. The van der Waals surface area contributed by atoms with Crippen molar-refractivity contribution in [1.29, 1.82) is 0 Å². The lowest BCUT2D eigenvalue weighted by molar-refractivity contribution is 0.368. The second-order valence-corrected chi connectivity index (χ2v) is 4.36. The van der Waals surface area contributed by atoms with Crippen molar-refractivity contribution in [3.8, 4) is 12.3 Å². The van der Waals surface area contributed by atoms with E-state index in [0.717, 1.165) is 16.6 Å². The summed E-state index contributed by atoms with van der Waals surface area (Å²) < 4.78 is 1.09. The number of hydrogen-bond donors (Lipinski definition) is 1. The van der Waals surface area contributed by atoms with Gasteiger partial charge >= 0.3 is 0 Å². The van der Waals surface area contributed by atoms with Gasteiger partial charge in [0, 0.05) is 17.6 Å². The molecule has 0 heterocycles. The number of terminal acetylenes is 1. The van der Waals surface area contributed by atoms with Gasteiger partial charge in [-0.15, -0.1) is 6.42 Å². The minimum atomic E-state index is 0.569. The minimum Gasteiger partial charge on any atom is -0.326 e. The highest BCUT2D eigenvalue weighted by atomic mass is 79.9. The Balaban J connectivity index is 2.74. The molecule has 0 aromatic heterocycles. The Morgan fingerprint density at radius 3 is 2.80 bits per heavy atom. The Morgan fingerprint density at radius 2 is 2.27 bits per heavy atom. The van der Waals surface area contributed by atoms with Gasteiger partial charge < -0.3 is 5.73 Å². The topological polar surface area (TPSA) is 29.3 Å². The Bertz CT molecular complexity index is 368.